The Labute approximate surface area is 257 Å². The quantitative estimate of drug-likeness (QED) is 0.0543. The number of rotatable bonds is 11. The second-order valence-electron chi connectivity index (χ2n) is 10.6. The Morgan fingerprint density at radius 2 is 1.32 bits per heavy atom. The predicted molar refractivity (Wildman–Crippen MR) is 168 cm³/mol. The first-order chi connectivity index (χ1) is 21.0. The van der Waals surface area contributed by atoms with Crippen LogP contribution in [0.4, 0.5) is 9.59 Å². The number of nitrogens with zero attached hydrogens (tertiary/aromatic N) is 5. The molecule has 0 saturated heterocycles. The van der Waals surface area contributed by atoms with Crippen LogP contribution in [0.2, 0.25) is 0 Å². The van der Waals surface area contributed by atoms with Crippen molar-refractivity contribution in [3.05, 3.63) is 119 Å². The van der Waals surface area contributed by atoms with Gasteiger partial charge in [0.05, 0.1) is 13.1 Å². The van der Waals surface area contributed by atoms with Crippen LogP contribution in [0.25, 0.3) is 0 Å². The fourth-order valence-electron chi connectivity index (χ4n) is 4.63. The molecule has 3 aromatic carbocycles. The van der Waals surface area contributed by atoms with Gasteiger partial charge in [0.25, 0.3) is 0 Å². The minimum Gasteiger partial charge on any atom is -0.441 e. The Morgan fingerprint density at radius 1 is 0.864 bits per heavy atom. The number of nitrogens with two attached hydrogens (primary N) is 3. The second kappa shape index (κ2) is 14.9. The van der Waals surface area contributed by atoms with Crippen LogP contribution in [0.15, 0.2) is 113 Å². The fourth-order valence-corrected chi connectivity index (χ4v) is 4.63. The first kappa shape index (κ1) is 33.4. The molecule has 3 amide bonds. The standard InChI is InChI=1S/C31H40N10O3/c1-30(2,3)44-28(42)38-37-20-21-39(33)29(43)40(34)26(22-32)27(36-4)41(35)31(23-14-8-5-9-15-23,24-16-10-6-11-17-24)25-18-12-7-13-19-25/h5-19,22,32,36H,20-21,33-35H2,1-4H3/b27-26-,32-22?,38-37?. The van der Waals surface area contributed by atoms with E-state index >= 15 is 0 Å². The van der Waals surface area contributed by atoms with E-state index in [1.54, 1.807) is 27.8 Å². The predicted octanol–water partition coefficient (Wildman–Crippen LogP) is 4.05. The summed E-state index contributed by atoms with van der Waals surface area (Å²) in [6, 6.07) is 28.1. The van der Waals surface area contributed by atoms with Crippen LogP contribution in [0, 0.1) is 5.41 Å². The van der Waals surface area contributed by atoms with Gasteiger partial charge >= 0.3 is 12.1 Å². The minimum absolute atomic E-state index is 0.0713. The van der Waals surface area contributed by atoms with E-state index in [0.717, 1.165) is 32.9 Å². The van der Waals surface area contributed by atoms with E-state index in [1.165, 1.54) is 5.01 Å². The van der Waals surface area contributed by atoms with Crippen molar-refractivity contribution in [2.75, 3.05) is 20.1 Å². The molecule has 0 aliphatic heterocycles. The minimum atomic E-state index is -1.13. The number of azo groups is 1. The van der Waals surface area contributed by atoms with Crippen molar-refractivity contribution in [3.8, 4) is 0 Å². The van der Waals surface area contributed by atoms with Crippen LogP contribution in [-0.4, -0.2) is 59.1 Å². The average molecular weight is 601 g/mol. The number of benzene rings is 3. The lowest BCUT2D eigenvalue weighted by Gasteiger charge is -2.45. The molecular formula is C31H40N10O3. The number of carbonyl (C=O) groups excluding carboxylic acids is 2. The maximum absolute atomic E-state index is 13.3. The summed E-state index contributed by atoms with van der Waals surface area (Å²) in [7, 11) is 1.61. The highest BCUT2D eigenvalue weighted by molar-refractivity contribution is 5.86. The zero-order valence-electron chi connectivity index (χ0n) is 25.3. The Kier molecular flexibility index (Phi) is 11.3. The van der Waals surface area contributed by atoms with Gasteiger partial charge in [-0.3, -0.25) is 10.0 Å². The topological polar surface area (TPSA) is 192 Å². The Balaban J connectivity index is 2.03. The maximum Gasteiger partial charge on any atom is 0.452 e. The zero-order valence-corrected chi connectivity index (χ0v) is 25.3. The number of nitrogens with one attached hydrogen (secondary N) is 2. The average Bonchev–Trinajstić information content (AvgIpc) is 3.02. The van der Waals surface area contributed by atoms with Gasteiger partial charge in [-0.1, -0.05) is 96.1 Å². The molecule has 0 aliphatic carbocycles. The molecule has 0 aromatic heterocycles. The van der Waals surface area contributed by atoms with E-state index in [1.807, 2.05) is 91.0 Å². The number of amides is 3. The lowest BCUT2D eigenvalue weighted by Crippen LogP contribution is -2.57. The lowest BCUT2D eigenvalue weighted by molar-refractivity contribution is 0.0589. The molecular weight excluding hydrogens is 560 g/mol. The molecule has 3 rings (SSSR count). The summed E-state index contributed by atoms with van der Waals surface area (Å²) in [5.41, 5.74) is 0.541. The van der Waals surface area contributed by atoms with E-state index in [9.17, 15) is 9.59 Å². The van der Waals surface area contributed by atoms with Crippen molar-refractivity contribution in [2.45, 2.75) is 31.9 Å². The monoisotopic (exact) mass is 600 g/mol. The Hall–Kier alpha value is -5.11. The summed E-state index contributed by atoms with van der Waals surface area (Å²) in [6.45, 7) is 4.89. The van der Waals surface area contributed by atoms with Gasteiger partial charge in [0.1, 0.15) is 22.7 Å². The molecule has 0 spiro atoms. The van der Waals surface area contributed by atoms with Gasteiger partial charge in [-0.15, -0.1) is 0 Å². The normalized spacial score (nSPS) is 12.2. The van der Waals surface area contributed by atoms with Crippen molar-refractivity contribution in [2.24, 2.45) is 27.8 Å². The van der Waals surface area contributed by atoms with Crippen molar-refractivity contribution in [1.82, 2.24) is 20.3 Å². The highest BCUT2D eigenvalue weighted by Crippen LogP contribution is 2.42. The molecule has 0 bridgehead atoms. The molecule has 3 aromatic rings. The van der Waals surface area contributed by atoms with Crippen LogP contribution in [0.1, 0.15) is 37.5 Å². The summed E-state index contributed by atoms with van der Waals surface area (Å²) in [5, 5.41) is 21.4. The van der Waals surface area contributed by atoms with E-state index in [0.29, 0.717) is 0 Å². The number of hydrogen-bond donors (Lipinski definition) is 5. The largest absolute Gasteiger partial charge is 0.452 e. The third kappa shape index (κ3) is 7.64. The molecule has 44 heavy (non-hydrogen) atoms. The first-order valence-electron chi connectivity index (χ1n) is 13.8. The molecule has 13 heteroatoms. The molecule has 0 heterocycles. The third-order valence-corrected chi connectivity index (χ3v) is 6.49. The van der Waals surface area contributed by atoms with Crippen LogP contribution in [-0.2, 0) is 10.3 Å². The summed E-state index contributed by atoms with van der Waals surface area (Å²) in [6.07, 6.45) is 0.0491. The number of hydrazine groups is 3. The van der Waals surface area contributed by atoms with Crippen LogP contribution < -0.4 is 22.8 Å². The first-order valence-corrected chi connectivity index (χ1v) is 13.8. The van der Waals surface area contributed by atoms with E-state index in [-0.39, 0.29) is 24.6 Å². The van der Waals surface area contributed by atoms with Gasteiger partial charge < -0.3 is 15.5 Å². The van der Waals surface area contributed by atoms with E-state index in [2.05, 4.69) is 15.5 Å². The van der Waals surface area contributed by atoms with Crippen LogP contribution in [0.3, 0.4) is 0 Å². The van der Waals surface area contributed by atoms with Crippen molar-refractivity contribution in [3.63, 3.8) is 0 Å². The van der Waals surface area contributed by atoms with Gasteiger partial charge in [0.15, 0.2) is 0 Å². The van der Waals surface area contributed by atoms with Crippen molar-refractivity contribution >= 4 is 18.3 Å². The maximum atomic E-state index is 13.3. The number of carbonyl (C=O) groups is 2. The van der Waals surface area contributed by atoms with Gasteiger partial charge in [-0.05, 0) is 37.5 Å². The van der Waals surface area contributed by atoms with Crippen molar-refractivity contribution in [1.29, 1.82) is 5.41 Å². The third-order valence-electron chi connectivity index (χ3n) is 6.49. The van der Waals surface area contributed by atoms with Crippen LogP contribution >= 0.6 is 0 Å². The van der Waals surface area contributed by atoms with Crippen molar-refractivity contribution < 1.29 is 14.3 Å². The summed E-state index contributed by atoms with van der Waals surface area (Å²) in [5.74, 6) is 19.5. The molecule has 0 unspecified atom stereocenters. The number of hydrogen-bond acceptors (Lipinski definition) is 10. The summed E-state index contributed by atoms with van der Waals surface area (Å²) >= 11 is 0. The van der Waals surface area contributed by atoms with Crippen LogP contribution in [0.5, 0.6) is 0 Å². The SMILES string of the molecule is CN/C(=C(\C=N)N(N)C(=O)N(N)CCN=NC(=O)OC(C)(C)C)N(N)C(c1ccccc1)(c1ccccc1)c1ccccc1. The number of urea groups is 1. The molecule has 0 saturated carbocycles. The number of ether oxygens (including phenoxy) is 1. The highest BCUT2D eigenvalue weighted by atomic mass is 16.6. The highest BCUT2D eigenvalue weighted by Gasteiger charge is 2.43. The molecule has 8 N–H and O–H groups in total. The Morgan fingerprint density at radius 3 is 1.70 bits per heavy atom. The Bertz CT molecular complexity index is 1360. The van der Waals surface area contributed by atoms with Gasteiger partial charge in [-0.2, -0.15) is 5.11 Å². The van der Waals surface area contributed by atoms with E-state index < -0.39 is 23.3 Å². The molecule has 0 fully saturated rings. The smallest absolute Gasteiger partial charge is 0.441 e. The van der Waals surface area contributed by atoms with Gasteiger partial charge in [0.2, 0.25) is 0 Å². The molecule has 232 valence electrons. The fraction of sp³-hybridized carbons (Fsp3) is 0.258. The lowest BCUT2D eigenvalue weighted by atomic mass is 9.76. The summed E-state index contributed by atoms with van der Waals surface area (Å²) in [4.78, 5) is 25.0. The molecule has 13 nitrogen and oxygen atoms in total. The second-order valence-corrected chi connectivity index (χ2v) is 10.6. The summed E-state index contributed by atoms with van der Waals surface area (Å²) < 4.78 is 5.07. The van der Waals surface area contributed by atoms with Gasteiger partial charge in [-0.25, -0.2) is 32.1 Å². The zero-order chi connectivity index (χ0) is 32.3. The molecule has 0 radical (unpaired) electrons. The number of allylic oxidation sites excluding steroid dienone is 1. The molecule has 0 atom stereocenters. The van der Waals surface area contributed by atoms with Gasteiger partial charge in [0, 0.05) is 13.3 Å². The van der Waals surface area contributed by atoms with E-state index in [4.69, 9.17) is 27.7 Å². The molecule has 0 aliphatic rings.